The Labute approximate surface area is 136 Å². The van der Waals surface area contributed by atoms with Gasteiger partial charge in [-0.05, 0) is 64.7 Å². The lowest BCUT2D eigenvalue weighted by Gasteiger charge is -2.34. The minimum atomic E-state index is -0.411. The third-order valence-electron chi connectivity index (χ3n) is 4.83. The fourth-order valence-electron chi connectivity index (χ4n) is 4.03. The maximum atomic E-state index is 12.3. The molecule has 1 saturated heterocycles. The summed E-state index contributed by atoms with van der Waals surface area (Å²) in [6.45, 7) is 12.2. The summed E-state index contributed by atoms with van der Waals surface area (Å²) >= 11 is 0. The van der Waals surface area contributed by atoms with Gasteiger partial charge in [0.05, 0.1) is 0 Å². The molecule has 1 amide bonds. The van der Waals surface area contributed by atoms with Crippen LogP contribution in [0.5, 0.6) is 0 Å². The van der Waals surface area contributed by atoms with Gasteiger partial charge in [0.2, 0.25) is 0 Å². The van der Waals surface area contributed by atoms with Crippen molar-refractivity contribution in [2.75, 3.05) is 13.1 Å². The van der Waals surface area contributed by atoms with Crippen LogP contribution in [0.1, 0.15) is 66.7 Å². The second-order valence-corrected chi connectivity index (χ2v) is 8.49. The number of ether oxygens (including phenoxy) is 1. The summed E-state index contributed by atoms with van der Waals surface area (Å²) in [5, 5.41) is 3.72. The molecule has 1 heterocycles. The van der Waals surface area contributed by atoms with Crippen LogP contribution in [-0.2, 0) is 4.74 Å². The van der Waals surface area contributed by atoms with Gasteiger partial charge in [-0.25, -0.2) is 4.79 Å². The molecule has 1 N–H and O–H groups in total. The summed E-state index contributed by atoms with van der Waals surface area (Å²) in [7, 11) is 0. The Morgan fingerprint density at radius 3 is 2.41 bits per heavy atom. The third kappa shape index (κ3) is 5.15. The van der Waals surface area contributed by atoms with E-state index in [0.29, 0.717) is 12.1 Å². The van der Waals surface area contributed by atoms with E-state index in [1.807, 2.05) is 25.7 Å². The van der Waals surface area contributed by atoms with Gasteiger partial charge in [0.15, 0.2) is 0 Å². The summed E-state index contributed by atoms with van der Waals surface area (Å²) in [6.07, 6.45) is 5.91. The second-order valence-electron chi connectivity index (χ2n) is 8.49. The minimum absolute atomic E-state index is 0.151. The van der Waals surface area contributed by atoms with E-state index >= 15 is 0 Å². The predicted octanol–water partition coefficient (Wildman–Crippen LogP) is 3.80. The molecule has 0 spiro atoms. The molecule has 1 aliphatic heterocycles. The van der Waals surface area contributed by atoms with Crippen molar-refractivity contribution in [3.8, 4) is 0 Å². The number of amides is 1. The zero-order valence-corrected chi connectivity index (χ0v) is 15.0. The Kier molecular flexibility index (Phi) is 5.76. The number of carbonyl (C=O) groups excluding carboxylic acids is 1. The highest BCUT2D eigenvalue weighted by atomic mass is 16.6. The van der Waals surface area contributed by atoms with Crippen LogP contribution < -0.4 is 5.32 Å². The van der Waals surface area contributed by atoms with Gasteiger partial charge < -0.3 is 15.0 Å². The van der Waals surface area contributed by atoms with Gasteiger partial charge in [-0.2, -0.15) is 0 Å². The van der Waals surface area contributed by atoms with Gasteiger partial charge in [-0.1, -0.05) is 13.8 Å². The molecular weight excluding hydrogens is 276 g/mol. The Hall–Kier alpha value is -0.770. The number of nitrogens with one attached hydrogen (secondary N) is 1. The third-order valence-corrected chi connectivity index (χ3v) is 4.83. The number of nitrogens with zero attached hydrogens (tertiary/aromatic N) is 1. The van der Waals surface area contributed by atoms with Crippen LogP contribution in [0.4, 0.5) is 4.79 Å². The monoisotopic (exact) mass is 310 g/mol. The highest BCUT2D eigenvalue weighted by Gasteiger charge is 2.33. The number of hydrogen-bond acceptors (Lipinski definition) is 3. The highest BCUT2D eigenvalue weighted by Crippen LogP contribution is 2.29. The van der Waals surface area contributed by atoms with Gasteiger partial charge in [0.1, 0.15) is 5.60 Å². The standard InChI is InChI=1S/C18H34N2O2/c1-13-9-14(2)11-15(10-13)19-12-16-7-6-8-20(16)17(21)22-18(3,4)5/h13-16,19H,6-12H2,1-5H3. The van der Waals surface area contributed by atoms with Crippen LogP contribution in [0.3, 0.4) is 0 Å². The smallest absolute Gasteiger partial charge is 0.410 e. The Bertz CT molecular complexity index is 368. The average molecular weight is 310 g/mol. The van der Waals surface area contributed by atoms with E-state index in [4.69, 9.17) is 4.74 Å². The molecule has 0 aromatic carbocycles. The van der Waals surface area contributed by atoms with Crippen molar-refractivity contribution in [2.24, 2.45) is 11.8 Å². The van der Waals surface area contributed by atoms with Crippen molar-refractivity contribution in [1.82, 2.24) is 10.2 Å². The van der Waals surface area contributed by atoms with Gasteiger partial charge in [-0.3, -0.25) is 0 Å². The molecule has 2 rings (SSSR count). The number of likely N-dealkylation sites (tertiary alicyclic amines) is 1. The Morgan fingerprint density at radius 2 is 1.82 bits per heavy atom. The van der Waals surface area contributed by atoms with Crippen molar-refractivity contribution in [3.05, 3.63) is 0 Å². The van der Waals surface area contributed by atoms with E-state index in [2.05, 4.69) is 19.2 Å². The van der Waals surface area contributed by atoms with E-state index in [1.165, 1.54) is 19.3 Å². The summed E-state index contributed by atoms with van der Waals surface area (Å²) in [5.74, 6) is 1.62. The van der Waals surface area contributed by atoms with Crippen LogP contribution in [0.25, 0.3) is 0 Å². The molecule has 0 aromatic rings. The predicted molar refractivity (Wildman–Crippen MR) is 89.9 cm³/mol. The summed E-state index contributed by atoms with van der Waals surface area (Å²) < 4.78 is 5.54. The first kappa shape index (κ1) is 17.6. The zero-order valence-electron chi connectivity index (χ0n) is 15.0. The fourth-order valence-corrected chi connectivity index (χ4v) is 4.03. The summed E-state index contributed by atoms with van der Waals surface area (Å²) in [6, 6.07) is 0.905. The fraction of sp³-hybridized carbons (Fsp3) is 0.944. The van der Waals surface area contributed by atoms with E-state index < -0.39 is 5.60 Å². The normalized spacial score (nSPS) is 33.0. The van der Waals surface area contributed by atoms with Crippen molar-refractivity contribution >= 4 is 6.09 Å². The van der Waals surface area contributed by atoms with E-state index in [1.54, 1.807) is 0 Å². The lowest BCUT2D eigenvalue weighted by Crippen LogP contribution is -2.47. The van der Waals surface area contributed by atoms with Crippen molar-refractivity contribution in [3.63, 3.8) is 0 Å². The maximum Gasteiger partial charge on any atom is 0.410 e. The van der Waals surface area contributed by atoms with Gasteiger partial charge >= 0.3 is 6.09 Å². The van der Waals surface area contributed by atoms with Crippen LogP contribution in [0.2, 0.25) is 0 Å². The molecule has 0 aromatic heterocycles. The average Bonchev–Trinajstić information content (AvgIpc) is 2.81. The first-order chi connectivity index (χ1) is 10.2. The second kappa shape index (κ2) is 7.20. The summed E-state index contributed by atoms with van der Waals surface area (Å²) in [4.78, 5) is 14.2. The Balaban J connectivity index is 1.82. The molecule has 2 aliphatic rings. The number of hydrogen-bond donors (Lipinski definition) is 1. The minimum Gasteiger partial charge on any atom is -0.444 e. The van der Waals surface area contributed by atoms with Gasteiger partial charge in [-0.15, -0.1) is 0 Å². The molecular formula is C18H34N2O2. The molecule has 0 bridgehead atoms. The van der Waals surface area contributed by atoms with Crippen LogP contribution in [0, 0.1) is 11.8 Å². The Morgan fingerprint density at radius 1 is 1.18 bits per heavy atom. The van der Waals surface area contributed by atoms with Crippen molar-refractivity contribution < 1.29 is 9.53 Å². The van der Waals surface area contributed by atoms with Crippen LogP contribution in [0.15, 0.2) is 0 Å². The molecule has 1 saturated carbocycles. The number of carbonyl (C=O) groups is 1. The van der Waals surface area contributed by atoms with E-state index in [-0.39, 0.29) is 6.09 Å². The molecule has 128 valence electrons. The van der Waals surface area contributed by atoms with Crippen LogP contribution in [-0.4, -0.2) is 41.8 Å². The van der Waals surface area contributed by atoms with Crippen LogP contribution >= 0.6 is 0 Å². The molecule has 4 heteroatoms. The molecule has 0 radical (unpaired) electrons. The lowest BCUT2D eigenvalue weighted by molar-refractivity contribution is 0.0222. The van der Waals surface area contributed by atoms with Crippen molar-refractivity contribution in [2.45, 2.75) is 84.4 Å². The summed E-state index contributed by atoms with van der Waals surface area (Å²) in [5.41, 5.74) is -0.411. The highest BCUT2D eigenvalue weighted by molar-refractivity contribution is 5.69. The zero-order chi connectivity index (χ0) is 16.3. The molecule has 3 unspecified atom stereocenters. The maximum absolute atomic E-state index is 12.3. The molecule has 1 aliphatic carbocycles. The first-order valence-electron chi connectivity index (χ1n) is 8.97. The first-order valence-corrected chi connectivity index (χ1v) is 8.97. The quantitative estimate of drug-likeness (QED) is 0.862. The topological polar surface area (TPSA) is 41.6 Å². The molecule has 4 nitrogen and oxygen atoms in total. The largest absolute Gasteiger partial charge is 0.444 e. The molecule has 3 atom stereocenters. The molecule has 22 heavy (non-hydrogen) atoms. The van der Waals surface area contributed by atoms with E-state index in [0.717, 1.165) is 37.8 Å². The number of rotatable bonds is 3. The lowest BCUT2D eigenvalue weighted by atomic mass is 9.80. The van der Waals surface area contributed by atoms with Gasteiger partial charge in [0, 0.05) is 25.2 Å². The molecule has 2 fully saturated rings. The van der Waals surface area contributed by atoms with E-state index in [9.17, 15) is 4.79 Å². The SMILES string of the molecule is CC1CC(C)CC(NCC2CCCN2C(=O)OC(C)(C)C)C1. The van der Waals surface area contributed by atoms with Gasteiger partial charge in [0.25, 0.3) is 0 Å². The van der Waals surface area contributed by atoms with Crippen molar-refractivity contribution in [1.29, 1.82) is 0 Å².